The van der Waals surface area contributed by atoms with E-state index < -0.39 is 49.1 Å². The van der Waals surface area contributed by atoms with Gasteiger partial charge in [0.1, 0.15) is 35.9 Å². The summed E-state index contributed by atoms with van der Waals surface area (Å²) in [5, 5.41) is 75.3. The van der Waals surface area contributed by atoms with Gasteiger partial charge in [0.25, 0.3) is 11.8 Å². The van der Waals surface area contributed by atoms with Gasteiger partial charge in [-0.25, -0.2) is 10.4 Å². The van der Waals surface area contributed by atoms with Gasteiger partial charge in [0.2, 0.25) is 0 Å². The Balaban J connectivity index is 1.42. The highest BCUT2D eigenvalue weighted by Gasteiger charge is 2.47. The van der Waals surface area contributed by atoms with Crippen LogP contribution < -0.4 is 5.43 Å². The Morgan fingerprint density at radius 3 is 2.10 bits per heavy atom. The first-order chi connectivity index (χ1) is 23.1. The minimum atomic E-state index is -1.73. The first-order valence-electron chi connectivity index (χ1n) is 15.2. The van der Waals surface area contributed by atoms with Crippen LogP contribution in [0.5, 0.6) is 11.5 Å². The monoisotopic (exact) mass is 654 g/mol. The number of aliphatic hydroxyl groups excluding tert-OH is 5. The van der Waals surface area contributed by atoms with Crippen molar-refractivity contribution in [3.8, 4) is 11.5 Å². The highest BCUT2D eigenvalue weighted by Crippen LogP contribution is 2.47. The number of aromatic hydroxyl groups is 2. The molecule has 5 atom stereocenters. The summed E-state index contributed by atoms with van der Waals surface area (Å²) in [6, 6.07) is 15.9. The maximum Gasteiger partial charge on any atom is 0.276 e. The zero-order valence-corrected chi connectivity index (χ0v) is 25.0. The van der Waals surface area contributed by atoms with Crippen LogP contribution in [0, 0.1) is 0 Å². The molecule has 6 aromatic rings. The normalized spacial score (nSPS) is 22.9. The number of aliphatic hydroxyl groups is 5. The molecule has 0 bridgehead atoms. The number of H-pyrrole nitrogens is 1. The largest absolute Gasteiger partial charge is 0.508 e. The number of hydrogen-bond acceptors (Lipinski definition) is 11. The lowest BCUT2D eigenvalue weighted by atomic mass is 9.96. The molecule has 0 radical (unpaired) electrons. The van der Waals surface area contributed by atoms with Crippen molar-refractivity contribution in [1.82, 2.24) is 20.0 Å². The van der Waals surface area contributed by atoms with Crippen LogP contribution in [0.1, 0.15) is 38.1 Å². The lowest BCUT2D eigenvalue weighted by molar-refractivity contribution is -0.249. The molecule has 1 saturated heterocycles. The quantitative estimate of drug-likeness (QED) is 0.117. The molecule has 8 rings (SSSR count). The van der Waals surface area contributed by atoms with Crippen molar-refractivity contribution in [2.24, 2.45) is 0 Å². The third-order valence-corrected chi connectivity index (χ3v) is 9.36. The zero-order chi connectivity index (χ0) is 33.6. The lowest BCUT2D eigenvalue weighted by Gasteiger charge is -2.41. The van der Waals surface area contributed by atoms with E-state index in [1.807, 2.05) is 0 Å². The van der Waals surface area contributed by atoms with E-state index in [0.29, 0.717) is 32.8 Å². The van der Waals surface area contributed by atoms with Crippen LogP contribution in [0.2, 0.25) is 0 Å². The van der Waals surface area contributed by atoms with Gasteiger partial charge < -0.3 is 50.0 Å². The molecule has 14 nitrogen and oxygen atoms in total. The van der Waals surface area contributed by atoms with Crippen molar-refractivity contribution in [3.63, 3.8) is 0 Å². The van der Waals surface area contributed by atoms with Crippen molar-refractivity contribution in [1.29, 1.82) is 0 Å². The first-order valence-corrected chi connectivity index (χ1v) is 15.2. The number of hydrazine groups is 1. The van der Waals surface area contributed by atoms with Gasteiger partial charge in [-0.05, 0) is 35.4 Å². The summed E-state index contributed by atoms with van der Waals surface area (Å²) in [7, 11) is 0. The number of rotatable bonds is 6. The van der Waals surface area contributed by atoms with Gasteiger partial charge in [0, 0.05) is 40.2 Å². The number of fused-ring (bicyclic) bond motifs is 10. The number of ether oxygens (including phenoxy) is 1. The topological polar surface area (TPSA) is 221 Å². The fourth-order valence-corrected chi connectivity index (χ4v) is 7.05. The van der Waals surface area contributed by atoms with Crippen LogP contribution in [0.3, 0.4) is 0 Å². The van der Waals surface area contributed by atoms with Crippen LogP contribution in [0.15, 0.2) is 60.7 Å². The predicted octanol–water partition coefficient (Wildman–Crippen LogP) is 1.61. The van der Waals surface area contributed by atoms with Crippen LogP contribution in [0.4, 0.5) is 0 Å². The minimum Gasteiger partial charge on any atom is -0.508 e. The van der Waals surface area contributed by atoms with Crippen LogP contribution in [-0.4, -0.2) is 93.1 Å². The highest BCUT2D eigenvalue weighted by molar-refractivity contribution is 6.39. The Bertz CT molecular complexity index is 2290. The number of phenolic OH excluding ortho intramolecular Hbond substituents is 2. The third kappa shape index (κ3) is 4.25. The molecule has 0 spiro atoms. The Hall–Kier alpha value is -5.06. The molecule has 14 heteroatoms. The number of amides is 2. The van der Waals surface area contributed by atoms with Gasteiger partial charge >= 0.3 is 0 Å². The van der Waals surface area contributed by atoms with Crippen LogP contribution in [-0.2, 0) is 17.9 Å². The molecular weight excluding hydrogens is 624 g/mol. The van der Waals surface area contributed by atoms with Gasteiger partial charge in [-0.3, -0.25) is 9.59 Å². The minimum absolute atomic E-state index is 0.0404. The number of carbonyl (C=O) groups is 2. The number of nitrogens with one attached hydrogen (secondary N) is 2. The molecule has 4 heterocycles. The molecule has 48 heavy (non-hydrogen) atoms. The van der Waals surface area contributed by atoms with Gasteiger partial charge in [-0.2, -0.15) is 0 Å². The van der Waals surface area contributed by atoms with Crippen molar-refractivity contribution in [3.05, 3.63) is 82.9 Å². The van der Waals surface area contributed by atoms with Gasteiger partial charge in [-0.1, -0.05) is 24.3 Å². The Morgan fingerprint density at radius 1 is 0.771 bits per heavy atom. The summed E-state index contributed by atoms with van der Waals surface area (Å²) in [5.41, 5.74) is 5.82. The number of aromatic nitrogens is 2. The Kier molecular flexibility index (Phi) is 6.94. The van der Waals surface area contributed by atoms with E-state index >= 15 is 0 Å². The maximum absolute atomic E-state index is 14.4. The fraction of sp³-hybridized carbons (Fsp3) is 0.235. The lowest BCUT2D eigenvalue weighted by Crippen LogP contribution is -2.56. The number of nitrogens with zero attached hydrogens (tertiary/aromatic N) is 2. The second-order valence-electron chi connectivity index (χ2n) is 12.1. The maximum atomic E-state index is 14.4. The number of phenols is 2. The first kappa shape index (κ1) is 30.3. The summed E-state index contributed by atoms with van der Waals surface area (Å²) in [5.74, 6) is -1.51. The van der Waals surface area contributed by atoms with Gasteiger partial charge in [0.15, 0.2) is 6.23 Å². The summed E-state index contributed by atoms with van der Waals surface area (Å²) in [4.78, 5) is 31.9. The van der Waals surface area contributed by atoms with E-state index in [9.17, 15) is 45.3 Å². The van der Waals surface area contributed by atoms with Gasteiger partial charge in [0.05, 0.1) is 46.4 Å². The molecule has 2 aliphatic rings. The molecule has 2 aromatic heterocycles. The molecule has 0 saturated carbocycles. The number of imide groups is 1. The molecule has 9 N–H and O–H groups in total. The van der Waals surface area contributed by atoms with E-state index in [4.69, 9.17) is 4.74 Å². The van der Waals surface area contributed by atoms with E-state index in [2.05, 4.69) is 10.4 Å². The second kappa shape index (κ2) is 11.0. The van der Waals surface area contributed by atoms with Gasteiger partial charge in [-0.15, -0.1) is 0 Å². The Labute approximate surface area is 270 Å². The number of aromatic amines is 1. The standard InChI is InChI=1S/C34H30N4O10/c39-12-15-3-1-14(2-4-15)11-35-38-32(46)25-23-18-7-5-16(41)9-20(18)36-27(23)28-24(26(25)33(38)47)19-8-6-17(42)10-21(19)37(28)34-31(45)30(44)29(43)22(13-40)48-34/h1-10,22,29-31,34-36,39-45H,11-13H2/t22-,29-,30+,31-,34-/m1/s1. The molecule has 0 unspecified atom stereocenters. The SMILES string of the molecule is O=C1c2c(c3c4ccc(O)cc4n([C@@H]4O[C@H](CO)[C@@H](O)[C@H](O)[C@H]4O)c3c3[nH]c4cc(O)ccc4c23)C(=O)N1NCc1ccc(CO)cc1. The molecular formula is C34H30N4O10. The predicted molar refractivity (Wildman–Crippen MR) is 171 cm³/mol. The summed E-state index contributed by atoms with van der Waals surface area (Å²) >= 11 is 0. The van der Waals surface area contributed by atoms with Crippen molar-refractivity contribution >= 4 is 55.4 Å². The summed E-state index contributed by atoms with van der Waals surface area (Å²) < 4.78 is 7.47. The zero-order valence-electron chi connectivity index (χ0n) is 25.0. The van der Waals surface area contributed by atoms with Crippen molar-refractivity contribution in [2.75, 3.05) is 6.61 Å². The smallest absolute Gasteiger partial charge is 0.276 e. The molecule has 1 fully saturated rings. The van der Waals surface area contributed by atoms with Crippen LogP contribution in [0.25, 0.3) is 43.6 Å². The number of hydrogen-bond donors (Lipinski definition) is 9. The second-order valence-corrected chi connectivity index (χ2v) is 12.1. The highest BCUT2D eigenvalue weighted by atomic mass is 16.6. The summed E-state index contributed by atoms with van der Waals surface area (Å²) in [6.07, 6.45) is -7.80. The van der Waals surface area contributed by atoms with Crippen molar-refractivity contribution in [2.45, 2.75) is 43.8 Å². The molecule has 0 aliphatic carbocycles. The Morgan fingerprint density at radius 2 is 1.42 bits per heavy atom. The fourth-order valence-electron chi connectivity index (χ4n) is 7.05. The van der Waals surface area contributed by atoms with E-state index in [0.717, 1.165) is 10.6 Å². The summed E-state index contributed by atoms with van der Waals surface area (Å²) in [6.45, 7) is -0.711. The number of benzene rings is 4. The van der Waals surface area contributed by atoms with Crippen molar-refractivity contribution < 1.29 is 50.1 Å². The average molecular weight is 655 g/mol. The third-order valence-electron chi connectivity index (χ3n) is 9.36. The molecule has 2 aliphatic heterocycles. The van der Waals surface area contributed by atoms with E-state index in [1.54, 1.807) is 36.4 Å². The van der Waals surface area contributed by atoms with E-state index in [1.165, 1.54) is 28.8 Å². The van der Waals surface area contributed by atoms with Crippen LogP contribution >= 0.6 is 0 Å². The molecule has 4 aromatic carbocycles. The molecule has 246 valence electrons. The average Bonchev–Trinajstić information content (AvgIpc) is 3.69. The molecule has 2 amide bonds. The number of carbonyl (C=O) groups excluding carboxylic acids is 2. The van der Waals surface area contributed by atoms with E-state index in [-0.39, 0.29) is 52.2 Å².